The van der Waals surface area contributed by atoms with Gasteiger partial charge in [0.25, 0.3) is 0 Å². The highest BCUT2D eigenvalue weighted by Crippen LogP contribution is 2.26. The SMILES string of the molecule is c1nc(C(c2cocn2)N2CCNCC2)co1. The summed E-state index contributed by atoms with van der Waals surface area (Å²) in [5, 5.41) is 3.33. The Morgan fingerprint density at radius 1 is 1.06 bits per heavy atom. The minimum absolute atomic E-state index is 0.0228. The zero-order valence-electron chi connectivity index (χ0n) is 9.37. The summed E-state index contributed by atoms with van der Waals surface area (Å²) in [5.74, 6) is 0. The number of oxazole rings is 2. The molecule has 0 spiro atoms. The van der Waals surface area contributed by atoms with Gasteiger partial charge in [-0.1, -0.05) is 0 Å². The maximum absolute atomic E-state index is 5.07. The molecule has 2 aromatic heterocycles. The van der Waals surface area contributed by atoms with Gasteiger partial charge in [0.1, 0.15) is 30.0 Å². The summed E-state index contributed by atoms with van der Waals surface area (Å²) in [6.07, 6.45) is 6.23. The van der Waals surface area contributed by atoms with E-state index in [1.807, 2.05) is 0 Å². The van der Waals surface area contributed by atoms with Crippen molar-refractivity contribution >= 4 is 0 Å². The zero-order chi connectivity index (χ0) is 11.5. The van der Waals surface area contributed by atoms with Gasteiger partial charge < -0.3 is 14.2 Å². The first kappa shape index (κ1) is 10.5. The van der Waals surface area contributed by atoms with E-state index in [-0.39, 0.29) is 6.04 Å². The third-order valence-electron chi connectivity index (χ3n) is 2.98. The molecule has 0 radical (unpaired) electrons. The van der Waals surface area contributed by atoms with Crippen molar-refractivity contribution < 1.29 is 8.83 Å². The molecule has 0 atom stereocenters. The number of nitrogens with zero attached hydrogens (tertiary/aromatic N) is 3. The molecule has 1 N–H and O–H groups in total. The second-order valence-electron chi connectivity index (χ2n) is 4.02. The van der Waals surface area contributed by atoms with Crippen LogP contribution in [0.4, 0.5) is 0 Å². The smallest absolute Gasteiger partial charge is 0.180 e. The Labute approximate surface area is 98.6 Å². The third-order valence-corrected chi connectivity index (χ3v) is 2.98. The molecule has 90 valence electrons. The molecule has 1 aliphatic rings. The topological polar surface area (TPSA) is 67.3 Å². The Bertz CT molecular complexity index is 400. The van der Waals surface area contributed by atoms with Crippen molar-refractivity contribution in [2.75, 3.05) is 26.2 Å². The first-order valence-electron chi connectivity index (χ1n) is 5.66. The third kappa shape index (κ3) is 2.09. The largest absolute Gasteiger partial charge is 0.451 e. The van der Waals surface area contributed by atoms with Crippen molar-refractivity contribution in [3.05, 3.63) is 36.7 Å². The predicted octanol–water partition coefficient (Wildman–Crippen LogP) is 0.657. The summed E-state index contributed by atoms with van der Waals surface area (Å²) in [5.41, 5.74) is 1.75. The summed E-state index contributed by atoms with van der Waals surface area (Å²) < 4.78 is 10.1. The van der Waals surface area contributed by atoms with Crippen molar-refractivity contribution in [1.82, 2.24) is 20.2 Å². The zero-order valence-corrected chi connectivity index (χ0v) is 9.37. The van der Waals surface area contributed by atoms with E-state index in [0.29, 0.717) is 0 Å². The molecule has 1 aliphatic heterocycles. The molecular formula is C11H14N4O2. The van der Waals surface area contributed by atoms with E-state index in [2.05, 4.69) is 20.2 Å². The van der Waals surface area contributed by atoms with E-state index < -0.39 is 0 Å². The minimum atomic E-state index is 0.0228. The summed E-state index contributed by atoms with van der Waals surface area (Å²) in [4.78, 5) is 10.8. The molecule has 1 saturated heterocycles. The lowest BCUT2D eigenvalue weighted by molar-refractivity contribution is 0.192. The first-order valence-corrected chi connectivity index (χ1v) is 5.66. The average Bonchev–Trinajstić information content (AvgIpc) is 3.04. The van der Waals surface area contributed by atoms with Crippen LogP contribution in [0.1, 0.15) is 17.4 Å². The maximum Gasteiger partial charge on any atom is 0.180 e. The van der Waals surface area contributed by atoms with E-state index in [1.54, 1.807) is 12.5 Å². The van der Waals surface area contributed by atoms with Crippen molar-refractivity contribution in [2.24, 2.45) is 0 Å². The van der Waals surface area contributed by atoms with Crippen LogP contribution in [0.5, 0.6) is 0 Å². The molecule has 3 heterocycles. The lowest BCUT2D eigenvalue weighted by Crippen LogP contribution is -2.45. The molecule has 2 aromatic rings. The van der Waals surface area contributed by atoms with Gasteiger partial charge in [0.05, 0.1) is 0 Å². The second-order valence-corrected chi connectivity index (χ2v) is 4.02. The molecule has 6 heteroatoms. The summed E-state index contributed by atoms with van der Waals surface area (Å²) >= 11 is 0. The highest BCUT2D eigenvalue weighted by molar-refractivity contribution is 5.16. The Hall–Kier alpha value is -1.66. The summed E-state index contributed by atoms with van der Waals surface area (Å²) in [7, 11) is 0. The number of aromatic nitrogens is 2. The first-order chi connectivity index (χ1) is 8.45. The van der Waals surface area contributed by atoms with E-state index in [0.717, 1.165) is 37.6 Å². The molecule has 3 rings (SSSR count). The molecule has 0 unspecified atom stereocenters. The van der Waals surface area contributed by atoms with E-state index in [1.165, 1.54) is 12.8 Å². The Balaban J connectivity index is 1.91. The maximum atomic E-state index is 5.07. The van der Waals surface area contributed by atoms with Crippen LogP contribution in [0, 0.1) is 0 Å². The Kier molecular flexibility index (Phi) is 2.89. The predicted molar refractivity (Wildman–Crippen MR) is 59.3 cm³/mol. The van der Waals surface area contributed by atoms with Crippen molar-refractivity contribution in [3.8, 4) is 0 Å². The number of hydrogen-bond donors (Lipinski definition) is 1. The number of hydrogen-bond acceptors (Lipinski definition) is 6. The monoisotopic (exact) mass is 234 g/mol. The van der Waals surface area contributed by atoms with Crippen LogP contribution in [-0.2, 0) is 0 Å². The van der Waals surface area contributed by atoms with Gasteiger partial charge in [-0.15, -0.1) is 0 Å². The fraction of sp³-hybridized carbons (Fsp3) is 0.455. The van der Waals surface area contributed by atoms with E-state index >= 15 is 0 Å². The van der Waals surface area contributed by atoms with Crippen LogP contribution in [0.2, 0.25) is 0 Å². The van der Waals surface area contributed by atoms with Gasteiger partial charge in [0.15, 0.2) is 12.8 Å². The van der Waals surface area contributed by atoms with Crippen LogP contribution in [-0.4, -0.2) is 41.0 Å². The number of rotatable bonds is 3. The van der Waals surface area contributed by atoms with Crippen LogP contribution in [0.3, 0.4) is 0 Å². The normalized spacial score (nSPS) is 17.7. The molecule has 0 aromatic carbocycles. The van der Waals surface area contributed by atoms with Gasteiger partial charge in [-0.25, -0.2) is 9.97 Å². The standard InChI is InChI=1S/C11H14N4O2/c1-3-15(4-2-12-1)11(9-5-16-7-13-9)10-6-17-8-14-10/h5-8,11-12H,1-4H2. The Morgan fingerprint density at radius 2 is 1.65 bits per heavy atom. The summed E-state index contributed by atoms with van der Waals surface area (Å²) in [6, 6.07) is 0.0228. The van der Waals surface area contributed by atoms with Gasteiger partial charge in [-0.2, -0.15) is 0 Å². The van der Waals surface area contributed by atoms with Crippen LogP contribution < -0.4 is 5.32 Å². The molecule has 0 saturated carbocycles. The van der Waals surface area contributed by atoms with E-state index in [4.69, 9.17) is 8.83 Å². The molecule has 0 bridgehead atoms. The average molecular weight is 234 g/mol. The van der Waals surface area contributed by atoms with Crippen molar-refractivity contribution in [2.45, 2.75) is 6.04 Å². The number of piperazine rings is 1. The van der Waals surface area contributed by atoms with E-state index in [9.17, 15) is 0 Å². The molecule has 0 amide bonds. The molecule has 17 heavy (non-hydrogen) atoms. The lowest BCUT2D eigenvalue weighted by Gasteiger charge is -2.32. The molecule has 6 nitrogen and oxygen atoms in total. The van der Waals surface area contributed by atoms with Crippen LogP contribution >= 0.6 is 0 Å². The molecular weight excluding hydrogens is 220 g/mol. The van der Waals surface area contributed by atoms with Crippen molar-refractivity contribution in [1.29, 1.82) is 0 Å². The van der Waals surface area contributed by atoms with Crippen molar-refractivity contribution in [3.63, 3.8) is 0 Å². The van der Waals surface area contributed by atoms with Gasteiger partial charge in [-0.05, 0) is 0 Å². The quantitative estimate of drug-likeness (QED) is 0.841. The highest BCUT2D eigenvalue weighted by atomic mass is 16.3. The fourth-order valence-electron chi connectivity index (χ4n) is 2.18. The van der Waals surface area contributed by atoms with Gasteiger partial charge in [-0.3, -0.25) is 4.90 Å². The van der Waals surface area contributed by atoms with Gasteiger partial charge >= 0.3 is 0 Å². The van der Waals surface area contributed by atoms with Gasteiger partial charge in [0, 0.05) is 26.2 Å². The molecule has 1 fully saturated rings. The van der Waals surface area contributed by atoms with Gasteiger partial charge in [0.2, 0.25) is 0 Å². The number of nitrogens with one attached hydrogen (secondary N) is 1. The second kappa shape index (κ2) is 4.68. The van der Waals surface area contributed by atoms with Crippen LogP contribution in [0.25, 0.3) is 0 Å². The lowest BCUT2D eigenvalue weighted by atomic mass is 10.1. The highest BCUT2D eigenvalue weighted by Gasteiger charge is 2.27. The Morgan fingerprint density at radius 3 is 2.12 bits per heavy atom. The summed E-state index contributed by atoms with van der Waals surface area (Å²) in [6.45, 7) is 3.88. The fourth-order valence-corrected chi connectivity index (χ4v) is 2.18. The van der Waals surface area contributed by atoms with Crippen LogP contribution in [0.15, 0.2) is 34.1 Å². The minimum Gasteiger partial charge on any atom is -0.451 e. The molecule has 0 aliphatic carbocycles.